The maximum Gasteiger partial charge on any atom is 0.248 e. The molecule has 0 aliphatic carbocycles. The fourth-order valence-corrected chi connectivity index (χ4v) is 3.81. The lowest BCUT2D eigenvalue weighted by atomic mass is 9.97. The fraction of sp³-hybridized carbons (Fsp3) is 0.625. The van der Waals surface area contributed by atoms with Crippen LogP contribution in [0, 0.1) is 18.8 Å². The summed E-state index contributed by atoms with van der Waals surface area (Å²) in [5.41, 5.74) is 1.91. The third kappa shape index (κ3) is 6.31. The van der Waals surface area contributed by atoms with Crippen LogP contribution < -0.4 is 4.90 Å². The number of anilines is 1. The van der Waals surface area contributed by atoms with Gasteiger partial charge < -0.3 is 9.80 Å². The monoisotopic (exact) mass is 415 g/mol. The normalized spacial score (nSPS) is 15.1. The number of hydrogen-bond acceptors (Lipinski definition) is 3. The minimum Gasteiger partial charge on any atom is -0.333 e. The van der Waals surface area contributed by atoms with Crippen LogP contribution in [0.2, 0.25) is 0 Å². The van der Waals surface area contributed by atoms with Crippen molar-refractivity contribution in [3.63, 3.8) is 0 Å². The highest BCUT2D eigenvalue weighted by atomic mass is 16.2. The summed E-state index contributed by atoms with van der Waals surface area (Å²) in [7, 11) is 0. The molecule has 6 nitrogen and oxygen atoms in total. The molecule has 1 fully saturated rings. The molecule has 0 aromatic heterocycles. The van der Waals surface area contributed by atoms with E-state index in [-0.39, 0.29) is 49.3 Å². The van der Waals surface area contributed by atoms with Gasteiger partial charge in [-0.2, -0.15) is 0 Å². The SMILES string of the molecule is CCCC[C@@H](CC)C(=O)N(CC(=O)N1CC(=O)N(c2ccc(C)cc2)C1)CC(C)C. The van der Waals surface area contributed by atoms with Gasteiger partial charge in [-0.25, -0.2) is 0 Å². The number of aryl methyl sites for hydroxylation is 1. The highest BCUT2D eigenvalue weighted by Gasteiger charge is 2.33. The van der Waals surface area contributed by atoms with E-state index in [0.717, 1.165) is 36.9 Å². The van der Waals surface area contributed by atoms with E-state index in [1.54, 1.807) is 14.7 Å². The average Bonchev–Trinajstić information content (AvgIpc) is 3.10. The Morgan fingerprint density at radius 1 is 1.13 bits per heavy atom. The van der Waals surface area contributed by atoms with Gasteiger partial charge in [0.2, 0.25) is 17.7 Å². The summed E-state index contributed by atoms with van der Waals surface area (Å²) < 4.78 is 0. The Morgan fingerprint density at radius 2 is 1.80 bits per heavy atom. The highest BCUT2D eigenvalue weighted by molar-refractivity contribution is 6.00. The molecule has 1 saturated heterocycles. The van der Waals surface area contributed by atoms with Gasteiger partial charge in [-0.15, -0.1) is 0 Å². The summed E-state index contributed by atoms with van der Waals surface area (Å²) in [6, 6.07) is 7.71. The lowest BCUT2D eigenvalue weighted by molar-refractivity contribution is -0.143. The number of hydrogen-bond donors (Lipinski definition) is 0. The topological polar surface area (TPSA) is 60.9 Å². The molecule has 0 saturated carbocycles. The quantitative estimate of drug-likeness (QED) is 0.583. The zero-order valence-corrected chi connectivity index (χ0v) is 19.2. The van der Waals surface area contributed by atoms with Crippen molar-refractivity contribution in [1.82, 2.24) is 9.80 Å². The fourth-order valence-electron chi connectivity index (χ4n) is 3.81. The van der Waals surface area contributed by atoms with Crippen LogP contribution in [-0.4, -0.2) is 53.8 Å². The number of benzene rings is 1. The second kappa shape index (κ2) is 11.1. The van der Waals surface area contributed by atoms with Crippen LogP contribution >= 0.6 is 0 Å². The second-order valence-corrected chi connectivity index (χ2v) is 8.75. The van der Waals surface area contributed by atoms with E-state index in [1.165, 1.54) is 0 Å². The lowest BCUT2D eigenvalue weighted by Gasteiger charge is -2.29. The van der Waals surface area contributed by atoms with Crippen LogP contribution in [0.15, 0.2) is 24.3 Å². The molecular weight excluding hydrogens is 378 g/mol. The minimum atomic E-state index is -0.169. The molecule has 0 spiro atoms. The van der Waals surface area contributed by atoms with E-state index in [4.69, 9.17) is 0 Å². The number of carbonyl (C=O) groups excluding carboxylic acids is 3. The predicted molar refractivity (Wildman–Crippen MR) is 120 cm³/mol. The maximum absolute atomic E-state index is 13.1. The van der Waals surface area contributed by atoms with Crippen molar-refractivity contribution in [3.8, 4) is 0 Å². The maximum atomic E-state index is 13.1. The van der Waals surface area contributed by atoms with Gasteiger partial charge in [-0.3, -0.25) is 19.3 Å². The van der Waals surface area contributed by atoms with Crippen molar-refractivity contribution in [2.75, 3.05) is 31.2 Å². The Kier molecular flexibility index (Phi) is 8.88. The van der Waals surface area contributed by atoms with Crippen LogP contribution in [0.5, 0.6) is 0 Å². The first-order chi connectivity index (χ1) is 14.3. The molecule has 1 atom stereocenters. The molecule has 1 heterocycles. The predicted octanol–water partition coefficient (Wildman–Crippen LogP) is 3.83. The van der Waals surface area contributed by atoms with Crippen molar-refractivity contribution in [2.45, 2.75) is 60.3 Å². The van der Waals surface area contributed by atoms with Gasteiger partial charge in [0.15, 0.2) is 0 Å². The second-order valence-electron chi connectivity index (χ2n) is 8.75. The summed E-state index contributed by atoms with van der Waals surface area (Å²) >= 11 is 0. The summed E-state index contributed by atoms with van der Waals surface area (Å²) in [6.45, 7) is 11.1. The number of unbranched alkanes of at least 4 members (excludes halogenated alkanes) is 1. The summed E-state index contributed by atoms with van der Waals surface area (Å²) in [5, 5.41) is 0. The molecule has 1 aliphatic heterocycles. The van der Waals surface area contributed by atoms with E-state index in [2.05, 4.69) is 20.8 Å². The number of carbonyl (C=O) groups is 3. The molecule has 166 valence electrons. The van der Waals surface area contributed by atoms with Crippen LogP contribution in [0.25, 0.3) is 0 Å². The lowest BCUT2D eigenvalue weighted by Crippen LogP contribution is -2.46. The Balaban J connectivity index is 2.06. The van der Waals surface area contributed by atoms with Gasteiger partial charge >= 0.3 is 0 Å². The van der Waals surface area contributed by atoms with Gasteiger partial charge in [0.05, 0.1) is 6.54 Å². The van der Waals surface area contributed by atoms with Crippen molar-refractivity contribution >= 4 is 23.4 Å². The zero-order chi connectivity index (χ0) is 22.3. The molecule has 0 bridgehead atoms. The first kappa shape index (κ1) is 23.9. The first-order valence-electron chi connectivity index (χ1n) is 11.2. The van der Waals surface area contributed by atoms with E-state index >= 15 is 0 Å². The molecule has 0 N–H and O–H groups in total. The number of amides is 3. The Bertz CT molecular complexity index is 730. The van der Waals surface area contributed by atoms with Gasteiger partial charge in [0.1, 0.15) is 13.2 Å². The van der Waals surface area contributed by atoms with Crippen LogP contribution in [-0.2, 0) is 14.4 Å². The van der Waals surface area contributed by atoms with Crippen LogP contribution in [0.3, 0.4) is 0 Å². The van der Waals surface area contributed by atoms with Gasteiger partial charge in [0.25, 0.3) is 0 Å². The smallest absolute Gasteiger partial charge is 0.248 e. The molecule has 0 radical (unpaired) electrons. The Morgan fingerprint density at radius 3 is 2.37 bits per heavy atom. The summed E-state index contributed by atoms with van der Waals surface area (Å²) in [4.78, 5) is 43.5. The minimum absolute atomic E-state index is 0.0364. The van der Waals surface area contributed by atoms with Crippen LogP contribution in [0.1, 0.15) is 58.9 Å². The number of rotatable bonds is 10. The molecule has 1 aliphatic rings. The van der Waals surface area contributed by atoms with Crippen LogP contribution in [0.4, 0.5) is 5.69 Å². The zero-order valence-electron chi connectivity index (χ0n) is 19.2. The third-order valence-corrected chi connectivity index (χ3v) is 5.61. The summed E-state index contributed by atoms with van der Waals surface area (Å²) in [6.07, 6.45) is 3.71. The Labute approximate surface area is 181 Å². The first-order valence-corrected chi connectivity index (χ1v) is 11.2. The molecule has 1 aromatic carbocycles. The molecule has 6 heteroatoms. The van der Waals surface area contributed by atoms with Crippen molar-refractivity contribution in [1.29, 1.82) is 0 Å². The summed E-state index contributed by atoms with van der Waals surface area (Å²) in [5.74, 6) is 0.0324. The van der Waals surface area contributed by atoms with E-state index < -0.39 is 0 Å². The largest absolute Gasteiger partial charge is 0.333 e. The molecule has 30 heavy (non-hydrogen) atoms. The Hall–Kier alpha value is -2.37. The average molecular weight is 416 g/mol. The number of nitrogens with zero attached hydrogens (tertiary/aromatic N) is 3. The van der Waals surface area contributed by atoms with Gasteiger partial charge in [-0.05, 0) is 37.8 Å². The molecule has 1 aromatic rings. The van der Waals surface area contributed by atoms with Crippen molar-refractivity contribution in [3.05, 3.63) is 29.8 Å². The molecule has 0 unspecified atom stereocenters. The van der Waals surface area contributed by atoms with E-state index in [9.17, 15) is 14.4 Å². The van der Waals surface area contributed by atoms with E-state index in [0.29, 0.717) is 6.54 Å². The molecule has 2 rings (SSSR count). The van der Waals surface area contributed by atoms with Crippen molar-refractivity contribution < 1.29 is 14.4 Å². The van der Waals surface area contributed by atoms with Gasteiger partial charge in [-0.1, -0.05) is 58.2 Å². The molecule has 3 amide bonds. The van der Waals surface area contributed by atoms with E-state index in [1.807, 2.05) is 38.1 Å². The standard InChI is InChI=1S/C24H37N3O3/c1-6-8-9-20(7-2)24(30)25(14-18(3)4)15-22(28)26-16-23(29)27(17-26)21-12-10-19(5)11-13-21/h10-13,18,20H,6-9,14-17H2,1-5H3/t20-/m1/s1. The third-order valence-electron chi connectivity index (χ3n) is 5.61. The highest BCUT2D eigenvalue weighted by Crippen LogP contribution is 2.21. The van der Waals surface area contributed by atoms with Gasteiger partial charge in [0, 0.05) is 18.2 Å². The molecular formula is C24H37N3O3. The van der Waals surface area contributed by atoms with Crippen molar-refractivity contribution in [2.24, 2.45) is 11.8 Å².